The van der Waals surface area contributed by atoms with Crippen molar-refractivity contribution < 1.29 is 23.9 Å². The van der Waals surface area contributed by atoms with Crippen LogP contribution in [0.2, 0.25) is 0 Å². The fraction of sp³-hybridized carbons (Fsp3) is 0.348. The van der Waals surface area contributed by atoms with E-state index in [1.54, 1.807) is 24.3 Å². The summed E-state index contributed by atoms with van der Waals surface area (Å²) in [5.41, 5.74) is 2.82. The Morgan fingerprint density at radius 3 is 2.77 bits per heavy atom. The molecule has 8 heteroatoms. The summed E-state index contributed by atoms with van der Waals surface area (Å²) in [5, 5.41) is 5.43. The van der Waals surface area contributed by atoms with Crippen LogP contribution in [0.25, 0.3) is 0 Å². The molecule has 0 fully saturated rings. The highest BCUT2D eigenvalue weighted by Gasteiger charge is 2.30. The Bertz CT molecular complexity index is 946. The van der Waals surface area contributed by atoms with Crippen molar-refractivity contribution in [2.45, 2.75) is 26.4 Å². The van der Waals surface area contributed by atoms with Crippen LogP contribution < -0.4 is 20.3 Å². The summed E-state index contributed by atoms with van der Waals surface area (Å²) >= 11 is 0. The number of carbonyl (C=O) groups is 3. The molecule has 2 N–H and O–H groups in total. The first-order chi connectivity index (χ1) is 15.0. The molecule has 0 saturated heterocycles. The Hall–Kier alpha value is -3.55. The lowest BCUT2D eigenvalue weighted by molar-refractivity contribution is -0.151. The quantitative estimate of drug-likeness (QED) is 0.599. The van der Waals surface area contributed by atoms with E-state index < -0.39 is 30.5 Å². The van der Waals surface area contributed by atoms with Gasteiger partial charge in [-0.2, -0.15) is 0 Å². The molecule has 2 aromatic rings. The van der Waals surface area contributed by atoms with Crippen LogP contribution in [0.4, 0.5) is 11.4 Å². The molecule has 2 aromatic carbocycles. The van der Waals surface area contributed by atoms with Crippen molar-refractivity contribution in [3.63, 3.8) is 0 Å². The largest absolute Gasteiger partial charge is 0.478 e. The molecule has 164 valence electrons. The number of aryl methyl sites for hydroxylation is 1. The van der Waals surface area contributed by atoms with Crippen molar-refractivity contribution in [3.05, 3.63) is 54.1 Å². The molecule has 0 spiro atoms. The summed E-state index contributed by atoms with van der Waals surface area (Å²) in [6.07, 6.45) is -1.26. The van der Waals surface area contributed by atoms with Gasteiger partial charge in [-0.1, -0.05) is 24.3 Å². The number of hydrogen-bond donors (Lipinski definition) is 2. The number of anilines is 2. The van der Waals surface area contributed by atoms with Crippen LogP contribution in [-0.4, -0.2) is 50.1 Å². The average molecular weight is 425 g/mol. The first-order valence-electron chi connectivity index (χ1n) is 10.3. The lowest BCUT2D eigenvalue weighted by Gasteiger charge is -2.25. The van der Waals surface area contributed by atoms with Gasteiger partial charge in [0.25, 0.3) is 11.8 Å². The van der Waals surface area contributed by atoms with Crippen LogP contribution in [0.5, 0.6) is 5.75 Å². The molecule has 0 aliphatic carbocycles. The zero-order valence-electron chi connectivity index (χ0n) is 17.7. The Morgan fingerprint density at radius 1 is 1.19 bits per heavy atom. The second-order valence-corrected chi connectivity index (χ2v) is 7.23. The third kappa shape index (κ3) is 6.21. The van der Waals surface area contributed by atoms with Crippen LogP contribution in [0, 0.1) is 6.92 Å². The first-order valence-corrected chi connectivity index (χ1v) is 10.3. The number of likely N-dealkylation sites (N-methyl/N-ethyl adjacent to an activating group) is 1. The Morgan fingerprint density at radius 2 is 2.00 bits per heavy atom. The van der Waals surface area contributed by atoms with E-state index in [1.807, 2.05) is 32.0 Å². The standard InChI is InChI=1S/C23H27N3O5/c1-3-26(17-8-6-7-16(2)13-17)12-11-24-21(27)15-30-22(28)14-20-23(29)25-18-9-4-5-10-19(18)31-20/h4-10,13,20H,3,11-12,14-15H2,1-2H3,(H,24,27)(H,25,29)/t20-/m0/s1. The Kier molecular flexibility index (Phi) is 7.48. The number of amides is 2. The van der Waals surface area contributed by atoms with E-state index in [4.69, 9.17) is 9.47 Å². The minimum absolute atomic E-state index is 0.273. The zero-order chi connectivity index (χ0) is 22.2. The summed E-state index contributed by atoms with van der Waals surface area (Å²) in [4.78, 5) is 38.3. The number of rotatable bonds is 9. The van der Waals surface area contributed by atoms with Gasteiger partial charge in [-0.15, -0.1) is 0 Å². The fourth-order valence-electron chi connectivity index (χ4n) is 3.26. The molecule has 1 atom stereocenters. The van der Waals surface area contributed by atoms with E-state index in [9.17, 15) is 14.4 Å². The van der Waals surface area contributed by atoms with Gasteiger partial charge in [0.15, 0.2) is 12.7 Å². The van der Waals surface area contributed by atoms with Gasteiger partial charge in [-0.25, -0.2) is 0 Å². The summed E-state index contributed by atoms with van der Waals surface area (Å²) in [6, 6.07) is 15.1. The molecule has 8 nitrogen and oxygen atoms in total. The fourth-order valence-corrected chi connectivity index (χ4v) is 3.26. The molecule has 0 bridgehead atoms. The van der Waals surface area contributed by atoms with Gasteiger partial charge >= 0.3 is 5.97 Å². The second kappa shape index (κ2) is 10.5. The summed E-state index contributed by atoms with van der Waals surface area (Å²) in [6.45, 7) is 5.54. The summed E-state index contributed by atoms with van der Waals surface area (Å²) in [5.74, 6) is -1.000. The lowest BCUT2D eigenvalue weighted by atomic mass is 10.1. The third-order valence-corrected chi connectivity index (χ3v) is 4.88. The molecule has 31 heavy (non-hydrogen) atoms. The maximum atomic E-state index is 12.1. The van der Waals surface area contributed by atoms with Crippen molar-refractivity contribution in [1.82, 2.24) is 5.32 Å². The highest BCUT2D eigenvalue weighted by molar-refractivity contribution is 5.99. The maximum Gasteiger partial charge on any atom is 0.310 e. The molecule has 2 amide bonds. The molecule has 0 unspecified atom stereocenters. The number of esters is 1. The van der Waals surface area contributed by atoms with Gasteiger partial charge in [0.05, 0.1) is 12.1 Å². The van der Waals surface area contributed by atoms with Gasteiger partial charge in [-0.3, -0.25) is 14.4 Å². The molecule has 0 aromatic heterocycles. The van der Waals surface area contributed by atoms with E-state index in [1.165, 1.54) is 5.56 Å². The number of nitrogens with one attached hydrogen (secondary N) is 2. The summed E-state index contributed by atoms with van der Waals surface area (Å²) in [7, 11) is 0. The third-order valence-electron chi connectivity index (χ3n) is 4.88. The van der Waals surface area contributed by atoms with E-state index in [0.29, 0.717) is 24.5 Å². The smallest absolute Gasteiger partial charge is 0.310 e. The monoisotopic (exact) mass is 425 g/mol. The van der Waals surface area contributed by atoms with E-state index in [0.717, 1.165) is 12.2 Å². The number of para-hydroxylation sites is 2. The van der Waals surface area contributed by atoms with Crippen LogP contribution >= 0.6 is 0 Å². The molecular formula is C23H27N3O5. The minimum Gasteiger partial charge on any atom is -0.478 e. The van der Waals surface area contributed by atoms with Gasteiger partial charge in [-0.05, 0) is 43.7 Å². The number of ether oxygens (including phenoxy) is 2. The average Bonchev–Trinajstić information content (AvgIpc) is 2.76. The lowest BCUT2D eigenvalue weighted by Crippen LogP contribution is -2.40. The highest BCUT2D eigenvalue weighted by atomic mass is 16.5. The Balaban J connectivity index is 1.38. The van der Waals surface area contributed by atoms with E-state index in [-0.39, 0.29) is 6.42 Å². The van der Waals surface area contributed by atoms with Crippen molar-refractivity contribution in [3.8, 4) is 5.75 Å². The molecule has 0 radical (unpaired) electrons. The molecule has 0 saturated carbocycles. The predicted molar refractivity (Wildman–Crippen MR) is 117 cm³/mol. The van der Waals surface area contributed by atoms with Crippen molar-refractivity contribution in [1.29, 1.82) is 0 Å². The highest BCUT2D eigenvalue weighted by Crippen LogP contribution is 2.29. The molecular weight excluding hydrogens is 398 g/mol. The number of nitrogens with zero attached hydrogens (tertiary/aromatic N) is 1. The topological polar surface area (TPSA) is 97.0 Å². The van der Waals surface area contributed by atoms with Crippen LogP contribution in [0.15, 0.2) is 48.5 Å². The number of fused-ring (bicyclic) bond motifs is 1. The van der Waals surface area contributed by atoms with Crippen LogP contribution in [0.1, 0.15) is 18.9 Å². The molecule has 1 aliphatic heterocycles. The maximum absolute atomic E-state index is 12.1. The van der Waals surface area contributed by atoms with E-state index in [2.05, 4.69) is 21.6 Å². The minimum atomic E-state index is -0.988. The zero-order valence-corrected chi connectivity index (χ0v) is 17.7. The molecule has 1 aliphatic rings. The molecule has 1 heterocycles. The predicted octanol–water partition coefficient (Wildman–Crippen LogP) is 2.27. The van der Waals surface area contributed by atoms with Gasteiger partial charge in [0.2, 0.25) is 0 Å². The van der Waals surface area contributed by atoms with Crippen molar-refractivity contribution >= 4 is 29.2 Å². The number of benzene rings is 2. The second-order valence-electron chi connectivity index (χ2n) is 7.23. The van der Waals surface area contributed by atoms with Gasteiger partial charge in [0, 0.05) is 25.3 Å². The summed E-state index contributed by atoms with van der Waals surface area (Å²) < 4.78 is 10.6. The molecule has 3 rings (SSSR count). The number of carbonyl (C=O) groups excluding carboxylic acids is 3. The SMILES string of the molecule is CCN(CCNC(=O)COC(=O)C[C@@H]1Oc2ccccc2NC1=O)c1cccc(C)c1. The van der Waals surface area contributed by atoms with Crippen molar-refractivity contribution in [2.75, 3.05) is 36.5 Å². The van der Waals surface area contributed by atoms with E-state index >= 15 is 0 Å². The first kappa shape index (κ1) is 22.1. The number of hydrogen-bond acceptors (Lipinski definition) is 6. The van der Waals surface area contributed by atoms with Crippen molar-refractivity contribution in [2.24, 2.45) is 0 Å². The van der Waals surface area contributed by atoms with Crippen LogP contribution in [0.3, 0.4) is 0 Å². The Labute approximate surface area is 181 Å². The van der Waals surface area contributed by atoms with Gasteiger partial charge < -0.3 is 25.0 Å². The van der Waals surface area contributed by atoms with Gasteiger partial charge in [0.1, 0.15) is 5.75 Å². The normalized spacial score (nSPS) is 14.6. The van der Waals surface area contributed by atoms with Crippen LogP contribution in [-0.2, 0) is 19.1 Å².